The van der Waals surface area contributed by atoms with Gasteiger partial charge >= 0.3 is 11.9 Å². The van der Waals surface area contributed by atoms with Gasteiger partial charge in [-0.25, -0.2) is 4.79 Å². The highest BCUT2D eigenvalue weighted by atomic mass is 16.4. The van der Waals surface area contributed by atoms with Crippen LogP contribution in [-0.2, 0) is 24.0 Å². The molecule has 11 N–H and O–H groups in total. The Hall–Kier alpha value is -3.42. The summed E-state index contributed by atoms with van der Waals surface area (Å²) in [5.74, 6) is -4.93. The molecule has 14 heteroatoms. The molecule has 0 spiro atoms. The zero-order chi connectivity index (χ0) is 25.7. The molecule has 0 rings (SSSR count). The van der Waals surface area contributed by atoms with Crippen molar-refractivity contribution in [3.8, 4) is 0 Å². The van der Waals surface area contributed by atoms with E-state index in [2.05, 4.69) is 20.9 Å². The van der Waals surface area contributed by atoms with Crippen LogP contribution in [0.4, 0.5) is 0 Å². The number of carbonyl (C=O) groups is 5. The quantitative estimate of drug-likeness (QED) is 0.0701. The van der Waals surface area contributed by atoms with E-state index in [0.29, 0.717) is 6.42 Å². The Morgan fingerprint density at radius 3 is 1.94 bits per heavy atom. The number of nitrogens with zero attached hydrogens (tertiary/aromatic N) is 1. The van der Waals surface area contributed by atoms with Crippen LogP contribution in [-0.4, -0.2) is 76.5 Å². The Labute approximate surface area is 191 Å². The summed E-state index contributed by atoms with van der Waals surface area (Å²) < 4.78 is 0. The number of guanidine groups is 1. The van der Waals surface area contributed by atoms with Crippen LogP contribution in [0.1, 0.15) is 46.5 Å². The molecular weight excluding hydrogens is 438 g/mol. The van der Waals surface area contributed by atoms with E-state index in [9.17, 15) is 29.1 Å². The molecule has 4 unspecified atom stereocenters. The number of carboxylic acid groups (broad SMARTS) is 2. The Bertz CT molecular complexity index is 738. The highest BCUT2D eigenvalue weighted by Gasteiger charge is 2.29. The Morgan fingerprint density at radius 1 is 0.879 bits per heavy atom. The smallest absolute Gasteiger partial charge is 0.326 e. The molecule has 0 radical (unpaired) electrons. The molecule has 0 fully saturated rings. The van der Waals surface area contributed by atoms with Gasteiger partial charge in [-0.05, 0) is 32.1 Å². The van der Waals surface area contributed by atoms with Crippen molar-refractivity contribution in [2.75, 3.05) is 6.54 Å². The van der Waals surface area contributed by atoms with Crippen molar-refractivity contribution >= 4 is 35.6 Å². The van der Waals surface area contributed by atoms with Crippen LogP contribution in [0, 0.1) is 5.92 Å². The number of nitrogens with two attached hydrogens (primary N) is 3. The van der Waals surface area contributed by atoms with E-state index >= 15 is 0 Å². The second-order valence-corrected chi connectivity index (χ2v) is 7.97. The first kappa shape index (κ1) is 29.6. The van der Waals surface area contributed by atoms with Crippen LogP contribution in [0.3, 0.4) is 0 Å². The first-order valence-corrected chi connectivity index (χ1v) is 10.4. The van der Waals surface area contributed by atoms with Crippen LogP contribution in [0.2, 0.25) is 0 Å². The first-order valence-electron chi connectivity index (χ1n) is 10.4. The predicted molar refractivity (Wildman–Crippen MR) is 119 cm³/mol. The number of hydrogen-bond acceptors (Lipinski definition) is 7. The predicted octanol–water partition coefficient (Wildman–Crippen LogP) is -2.55. The summed E-state index contributed by atoms with van der Waals surface area (Å²) in [5.41, 5.74) is 15.9. The van der Waals surface area contributed by atoms with Crippen molar-refractivity contribution in [1.82, 2.24) is 16.0 Å². The lowest BCUT2D eigenvalue weighted by atomic mass is 10.0. The fourth-order valence-electron chi connectivity index (χ4n) is 2.70. The van der Waals surface area contributed by atoms with Crippen LogP contribution >= 0.6 is 0 Å². The molecule has 0 saturated heterocycles. The van der Waals surface area contributed by atoms with Gasteiger partial charge in [0.05, 0.1) is 12.5 Å². The number of nitrogens with one attached hydrogen (secondary N) is 3. The van der Waals surface area contributed by atoms with E-state index in [1.807, 2.05) is 13.8 Å². The minimum absolute atomic E-state index is 0.0277. The van der Waals surface area contributed by atoms with Gasteiger partial charge in [0.2, 0.25) is 17.7 Å². The number of amides is 3. The van der Waals surface area contributed by atoms with Gasteiger partial charge in [-0.3, -0.25) is 24.2 Å². The molecule has 33 heavy (non-hydrogen) atoms. The van der Waals surface area contributed by atoms with Crippen molar-refractivity contribution in [1.29, 1.82) is 0 Å². The summed E-state index contributed by atoms with van der Waals surface area (Å²) in [5, 5.41) is 25.3. The Kier molecular flexibility index (Phi) is 13.1. The van der Waals surface area contributed by atoms with Crippen molar-refractivity contribution in [2.45, 2.75) is 70.6 Å². The molecule has 14 nitrogen and oxygen atoms in total. The van der Waals surface area contributed by atoms with E-state index in [1.165, 1.54) is 6.92 Å². The van der Waals surface area contributed by atoms with Crippen LogP contribution in [0.25, 0.3) is 0 Å². The van der Waals surface area contributed by atoms with Gasteiger partial charge < -0.3 is 43.4 Å². The number of hydrogen-bond donors (Lipinski definition) is 8. The monoisotopic (exact) mass is 473 g/mol. The minimum Gasteiger partial charge on any atom is -0.481 e. The number of aliphatic carboxylic acids is 2. The van der Waals surface area contributed by atoms with E-state index in [1.54, 1.807) is 0 Å². The average Bonchev–Trinajstić information content (AvgIpc) is 2.67. The third-order valence-electron chi connectivity index (χ3n) is 4.38. The summed E-state index contributed by atoms with van der Waals surface area (Å²) in [7, 11) is 0. The van der Waals surface area contributed by atoms with Gasteiger partial charge in [0.25, 0.3) is 0 Å². The van der Waals surface area contributed by atoms with Gasteiger partial charge in [0.15, 0.2) is 5.96 Å². The second kappa shape index (κ2) is 14.6. The van der Waals surface area contributed by atoms with Gasteiger partial charge in [0, 0.05) is 6.54 Å². The lowest BCUT2D eigenvalue weighted by Crippen LogP contribution is -2.56. The van der Waals surface area contributed by atoms with E-state index in [-0.39, 0.29) is 31.3 Å². The normalized spacial score (nSPS) is 14.3. The maximum absolute atomic E-state index is 12.7. The maximum atomic E-state index is 12.7. The standard InChI is InChI=1S/C19H35N7O7/c1-9(2)7-13(17(31)25-12(18(32)33)5-4-6-23-19(21)22)26-15(29)10(3)24-16(30)11(20)8-14(27)28/h9-13H,4-8,20H2,1-3H3,(H,24,30)(H,25,31)(H,26,29)(H,27,28)(H,32,33)(H4,21,22,23). The van der Waals surface area contributed by atoms with Crippen molar-refractivity contribution in [3.63, 3.8) is 0 Å². The fourth-order valence-corrected chi connectivity index (χ4v) is 2.70. The van der Waals surface area contributed by atoms with E-state index < -0.39 is 60.2 Å². The summed E-state index contributed by atoms with van der Waals surface area (Å²) in [6.07, 6.45) is -0.0421. The molecule has 3 amide bonds. The molecule has 0 saturated carbocycles. The number of carboxylic acids is 2. The molecule has 0 aliphatic rings. The topological polar surface area (TPSA) is 252 Å². The van der Waals surface area contributed by atoms with Crippen LogP contribution < -0.4 is 33.2 Å². The van der Waals surface area contributed by atoms with Crippen LogP contribution in [0.15, 0.2) is 4.99 Å². The number of rotatable bonds is 15. The lowest BCUT2D eigenvalue weighted by molar-refractivity contribution is -0.142. The first-order chi connectivity index (χ1) is 15.2. The minimum atomic E-state index is -1.34. The van der Waals surface area contributed by atoms with Gasteiger partial charge in [-0.1, -0.05) is 13.8 Å². The molecule has 0 aliphatic heterocycles. The molecular formula is C19H35N7O7. The van der Waals surface area contributed by atoms with Crippen molar-refractivity contribution in [2.24, 2.45) is 28.1 Å². The lowest BCUT2D eigenvalue weighted by Gasteiger charge is -2.24. The van der Waals surface area contributed by atoms with E-state index in [4.69, 9.17) is 22.3 Å². The van der Waals surface area contributed by atoms with E-state index in [0.717, 1.165) is 0 Å². The molecule has 0 aromatic heterocycles. The highest BCUT2D eigenvalue weighted by molar-refractivity contribution is 5.94. The summed E-state index contributed by atoms with van der Waals surface area (Å²) in [4.78, 5) is 63.1. The molecule has 0 aromatic carbocycles. The molecule has 188 valence electrons. The highest BCUT2D eigenvalue weighted by Crippen LogP contribution is 2.07. The molecule has 4 atom stereocenters. The maximum Gasteiger partial charge on any atom is 0.326 e. The Balaban J connectivity index is 5.10. The van der Waals surface area contributed by atoms with Gasteiger partial charge in [-0.15, -0.1) is 0 Å². The fraction of sp³-hybridized carbons (Fsp3) is 0.684. The zero-order valence-corrected chi connectivity index (χ0v) is 19.0. The largest absolute Gasteiger partial charge is 0.481 e. The van der Waals surface area contributed by atoms with Crippen molar-refractivity contribution < 1.29 is 34.2 Å². The molecule has 0 bridgehead atoms. The average molecular weight is 474 g/mol. The van der Waals surface area contributed by atoms with Gasteiger partial charge in [0.1, 0.15) is 18.1 Å². The number of aliphatic imine (C=N–C) groups is 1. The third kappa shape index (κ3) is 12.9. The summed E-state index contributed by atoms with van der Waals surface area (Å²) in [6.45, 7) is 5.16. The van der Waals surface area contributed by atoms with Crippen LogP contribution in [0.5, 0.6) is 0 Å². The Morgan fingerprint density at radius 2 is 1.45 bits per heavy atom. The zero-order valence-electron chi connectivity index (χ0n) is 19.0. The third-order valence-corrected chi connectivity index (χ3v) is 4.38. The second-order valence-electron chi connectivity index (χ2n) is 7.97. The summed E-state index contributed by atoms with van der Waals surface area (Å²) >= 11 is 0. The number of carbonyl (C=O) groups excluding carboxylic acids is 3. The molecule has 0 heterocycles. The summed E-state index contributed by atoms with van der Waals surface area (Å²) in [6, 6.07) is -4.74. The molecule has 0 aromatic rings. The van der Waals surface area contributed by atoms with Gasteiger partial charge in [-0.2, -0.15) is 0 Å². The SMILES string of the molecule is CC(C)CC(NC(=O)C(C)NC(=O)C(N)CC(=O)O)C(=O)NC(CCCN=C(N)N)C(=O)O. The van der Waals surface area contributed by atoms with Crippen molar-refractivity contribution in [3.05, 3.63) is 0 Å². The molecule has 0 aliphatic carbocycles.